The number of benzene rings is 3. The van der Waals surface area contributed by atoms with E-state index >= 15 is 0 Å². The summed E-state index contributed by atoms with van der Waals surface area (Å²) in [5.41, 5.74) is 6.57. The quantitative estimate of drug-likeness (QED) is 0.284. The third-order valence-corrected chi connectivity index (χ3v) is 9.68. The standard InChI is InChI=1S/C36H45N3O/c40-36(38-32-14-8-3-9-15-32)39-33-24-34(37-25-33)35(30-20-16-28(17-21-30)26-10-4-1-5-11-26)31-22-18-29(19-23-31)27-12-6-2-7-13-27/h3,8-9,14-23,26-27,33-35,37H,1-2,4-7,10-13,24-25H2,(H2,38,39,40)/t33-,34?/m1/s1. The van der Waals surface area contributed by atoms with E-state index in [-0.39, 0.29) is 24.0 Å². The zero-order valence-electron chi connectivity index (χ0n) is 23.8. The summed E-state index contributed by atoms with van der Waals surface area (Å²) in [6, 6.07) is 29.0. The Morgan fingerprint density at radius 1 is 0.675 bits per heavy atom. The van der Waals surface area contributed by atoms with Crippen LogP contribution in [-0.2, 0) is 0 Å². The van der Waals surface area contributed by atoms with E-state index < -0.39 is 0 Å². The number of anilines is 1. The topological polar surface area (TPSA) is 53.2 Å². The van der Waals surface area contributed by atoms with Gasteiger partial charge in [0, 0.05) is 30.2 Å². The van der Waals surface area contributed by atoms with Crippen LogP contribution < -0.4 is 16.0 Å². The molecular formula is C36H45N3O. The molecule has 210 valence electrons. The summed E-state index contributed by atoms with van der Waals surface area (Å²) in [5.74, 6) is 1.69. The van der Waals surface area contributed by atoms with Gasteiger partial charge in [-0.25, -0.2) is 4.79 Å². The smallest absolute Gasteiger partial charge is 0.319 e. The van der Waals surface area contributed by atoms with Crippen LogP contribution in [-0.4, -0.2) is 24.7 Å². The number of urea groups is 1. The fourth-order valence-electron chi connectivity index (χ4n) is 7.48. The molecule has 6 rings (SSSR count). The van der Waals surface area contributed by atoms with E-state index in [0.717, 1.165) is 30.5 Å². The molecule has 2 atom stereocenters. The van der Waals surface area contributed by atoms with Gasteiger partial charge < -0.3 is 16.0 Å². The van der Waals surface area contributed by atoms with E-state index in [2.05, 4.69) is 64.5 Å². The SMILES string of the molecule is O=C(Nc1ccccc1)N[C@H]1CNC(C(c2ccc(C3CCCCC3)cc2)c2ccc(C3CCCCC3)cc2)C1. The Bertz CT molecular complexity index is 1150. The number of carbonyl (C=O) groups excluding carboxylic acids is 1. The van der Waals surface area contributed by atoms with E-state index in [4.69, 9.17) is 0 Å². The fraction of sp³-hybridized carbons (Fsp3) is 0.472. The second-order valence-electron chi connectivity index (χ2n) is 12.4. The van der Waals surface area contributed by atoms with Crippen LogP contribution in [0.4, 0.5) is 10.5 Å². The lowest BCUT2D eigenvalue weighted by molar-refractivity contribution is 0.249. The number of amides is 2. The molecule has 0 aromatic heterocycles. The molecule has 3 aliphatic rings. The van der Waals surface area contributed by atoms with Gasteiger partial charge >= 0.3 is 6.03 Å². The van der Waals surface area contributed by atoms with Crippen LogP contribution in [0.3, 0.4) is 0 Å². The molecule has 1 aliphatic heterocycles. The first-order chi connectivity index (χ1) is 19.7. The van der Waals surface area contributed by atoms with Gasteiger partial charge in [0.15, 0.2) is 0 Å². The van der Waals surface area contributed by atoms with Gasteiger partial charge in [-0.15, -0.1) is 0 Å². The molecule has 0 spiro atoms. The van der Waals surface area contributed by atoms with Crippen LogP contribution in [0.1, 0.15) is 111 Å². The molecule has 3 aromatic carbocycles. The van der Waals surface area contributed by atoms with Crippen molar-refractivity contribution in [1.29, 1.82) is 0 Å². The van der Waals surface area contributed by atoms with Crippen LogP contribution in [0.2, 0.25) is 0 Å². The van der Waals surface area contributed by atoms with Crippen molar-refractivity contribution in [2.24, 2.45) is 0 Å². The number of hydrogen-bond donors (Lipinski definition) is 3. The molecule has 1 saturated heterocycles. The molecule has 3 aromatic rings. The molecule has 1 unspecified atom stereocenters. The maximum absolute atomic E-state index is 12.7. The molecule has 0 radical (unpaired) electrons. The Morgan fingerprint density at radius 2 is 1.20 bits per heavy atom. The minimum atomic E-state index is -0.135. The van der Waals surface area contributed by atoms with Gasteiger partial charge in [0.1, 0.15) is 0 Å². The van der Waals surface area contributed by atoms with Crippen molar-refractivity contribution in [3.8, 4) is 0 Å². The lowest BCUT2D eigenvalue weighted by Gasteiger charge is -2.28. The first-order valence-corrected chi connectivity index (χ1v) is 15.8. The predicted octanol–water partition coefficient (Wildman–Crippen LogP) is 8.47. The largest absolute Gasteiger partial charge is 0.334 e. The van der Waals surface area contributed by atoms with Gasteiger partial charge in [-0.3, -0.25) is 0 Å². The van der Waals surface area contributed by atoms with Gasteiger partial charge in [0.25, 0.3) is 0 Å². The van der Waals surface area contributed by atoms with E-state index in [1.165, 1.54) is 86.5 Å². The van der Waals surface area contributed by atoms with Crippen molar-refractivity contribution in [2.45, 2.75) is 100 Å². The third kappa shape index (κ3) is 6.61. The molecule has 2 saturated carbocycles. The van der Waals surface area contributed by atoms with Crippen LogP contribution >= 0.6 is 0 Å². The number of carbonyl (C=O) groups is 1. The zero-order valence-corrected chi connectivity index (χ0v) is 23.8. The van der Waals surface area contributed by atoms with Crippen LogP contribution in [0.15, 0.2) is 78.9 Å². The maximum Gasteiger partial charge on any atom is 0.319 e. The van der Waals surface area contributed by atoms with Crippen molar-refractivity contribution in [3.05, 3.63) is 101 Å². The second-order valence-corrected chi connectivity index (χ2v) is 12.4. The summed E-state index contributed by atoms with van der Waals surface area (Å²) in [5, 5.41) is 9.97. The number of hydrogen-bond acceptors (Lipinski definition) is 2. The molecule has 1 heterocycles. The molecule has 40 heavy (non-hydrogen) atoms. The fourth-order valence-corrected chi connectivity index (χ4v) is 7.48. The summed E-state index contributed by atoms with van der Waals surface area (Å²) in [6.45, 7) is 0.781. The van der Waals surface area contributed by atoms with E-state index in [1.807, 2.05) is 30.3 Å². The highest BCUT2D eigenvalue weighted by Gasteiger charge is 2.33. The Morgan fingerprint density at radius 3 is 1.73 bits per heavy atom. The first-order valence-electron chi connectivity index (χ1n) is 15.8. The average Bonchev–Trinajstić information content (AvgIpc) is 3.47. The summed E-state index contributed by atoms with van der Waals surface area (Å²) in [7, 11) is 0. The van der Waals surface area contributed by atoms with Gasteiger partial charge in [-0.1, -0.05) is 105 Å². The molecular weight excluding hydrogens is 490 g/mol. The Hall–Kier alpha value is -3.11. The van der Waals surface area contributed by atoms with Gasteiger partial charge in [0.2, 0.25) is 0 Å². The summed E-state index contributed by atoms with van der Waals surface area (Å²) < 4.78 is 0. The van der Waals surface area contributed by atoms with Crippen LogP contribution in [0.5, 0.6) is 0 Å². The molecule has 3 fully saturated rings. The van der Waals surface area contributed by atoms with E-state index in [0.29, 0.717) is 0 Å². The summed E-state index contributed by atoms with van der Waals surface area (Å²) >= 11 is 0. The molecule has 0 bridgehead atoms. The average molecular weight is 536 g/mol. The van der Waals surface area contributed by atoms with E-state index in [1.54, 1.807) is 0 Å². The Kier molecular flexibility index (Phi) is 8.83. The van der Waals surface area contributed by atoms with Crippen molar-refractivity contribution in [1.82, 2.24) is 10.6 Å². The lowest BCUT2D eigenvalue weighted by atomic mass is 9.79. The highest BCUT2D eigenvalue weighted by atomic mass is 16.2. The lowest BCUT2D eigenvalue weighted by Crippen LogP contribution is -2.39. The summed E-state index contributed by atoms with van der Waals surface area (Å²) in [4.78, 5) is 12.7. The highest BCUT2D eigenvalue weighted by molar-refractivity contribution is 5.89. The van der Waals surface area contributed by atoms with Crippen molar-refractivity contribution in [2.75, 3.05) is 11.9 Å². The Labute approximate surface area is 240 Å². The summed E-state index contributed by atoms with van der Waals surface area (Å²) in [6.07, 6.45) is 14.4. The molecule has 2 aliphatic carbocycles. The molecule has 4 heteroatoms. The maximum atomic E-state index is 12.7. The zero-order chi connectivity index (χ0) is 27.1. The van der Waals surface area contributed by atoms with Gasteiger partial charge in [-0.05, 0) is 78.3 Å². The number of rotatable bonds is 7. The predicted molar refractivity (Wildman–Crippen MR) is 165 cm³/mol. The minimum absolute atomic E-state index is 0.0965. The normalized spacial score (nSPS) is 22.3. The third-order valence-electron chi connectivity index (χ3n) is 9.68. The highest BCUT2D eigenvalue weighted by Crippen LogP contribution is 2.38. The van der Waals surface area contributed by atoms with Crippen molar-refractivity contribution in [3.63, 3.8) is 0 Å². The molecule has 4 nitrogen and oxygen atoms in total. The van der Waals surface area contributed by atoms with Gasteiger partial charge in [-0.2, -0.15) is 0 Å². The second kappa shape index (κ2) is 13.0. The van der Waals surface area contributed by atoms with Gasteiger partial charge in [0.05, 0.1) is 0 Å². The molecule has 2 amide bonds. The van der Waals surface area contributed by atoms with Crippen molar-refractivity contribution < 1.29 is 4.79 Å². The number of para-hydroxylation sites is 1. The molecule has 3 N–H and O–H groups in total. The van der Waals surface area contributed by atoms with Crippen LogP contribution in [0, 0.1) is 0 Å². The van der Waals surface area contributed by atoms with Crippen molar-refractivity contribution >= 4 is 11.7 Å². The van der Waals surface area contributed by atoms with E-state index in [9.17, 15) is 4.79 Å². The monoisotopic (exact) mass is 535 g/mol. The van der Waals surface area contributed by atoms with Crippen LogP contribution in [0.25, 0.3) is 0 Å². The number of nitrogens with one attached hydrogen (secondary N) is 3. The first kappa shape index (κ1) is 27.1. The Balaban J connectivity index is 1.19. The minimum Gasteiger partial charge on any atom is -0.334 e.